The van der Waals surface area contributed by atoms with Crippen LogP contribution in [0.25, 0.3) is 0 Å². The smallest absolute Gasteiger partial charge is 2.00 e. The van der Waals surface area contributed by atoms with Crippen LogP contribution in [-0.4, -0.2) is 60.2 Å². The summed E-state index contributed by atoms with van der Waals surface area (Å²) in [4.78, 5) is 0. The Labute approximate surface area is 78.8 Å². The fourth-order valence-electron chi connectivity index (χ4n) is 0. The van der Waals surface area contributed by atoms with Crippen LogP contribution in [0, 0.1) is 0 Å². The average molecular weight is 173 g/mol. The third-order valence-electron chi connectivity index (χ3n) is 0. The molecule has 0 rings (SSSR count). The van der Waals surface area contributed by atoms with Gasteiger partial charge in [0.05, 0.1) is 0 Å². The molecule has 0 radical (unpaired) electrons. The Morgan fingerprint density at radius 2 is 1.00 bits per heavy atom. The zero-order chi connectivity index (χ0) is 5.41. The Bertz CT molecular complexity index is 30.7. The van der Waals surface area contributed by atoms with E-state index in [4.69, 9.17) is 19.5 Å². The zero-order valence-corrected chi connectivity index (χ0v) is 6.97. The summed E-state index contributed by atoms with van der Waals surface area (Å²) in [5.74, 6) is 0. The van der Waals surface area contributed by atoms with Crippen molar-refractivity contribution in [1.29, 1.82) is 0 Å². The van der Waals surface area contributed by atoms with Gasteiger partial charge < -0.3 is 0 Å². The summed E-state index contributed by atoms with van der Waals surface area (Å²) in [5, 5.41) is 16.5. The van der Waals surface area contributed by atoms with Gasteiger partial charge in [-0.1, -0.05) is 0 Å². The Morgan fingerprint density at radius 1 is 1.00 bits per heavy atom. The van der Waals surface area contributed by atoms with Crippen LogP contribution < -0.4 is 10.0 Å². The van der Waals surface area contributed by atoms with E-state index in [1.165, 1.54) is 0 Å². The molecule has 0 aromatic rings. The van der Waals surface area contributed by atoms with Gasteiger partial charge in [-0.15, -0.1) is 0 Å². The first-order valence-electron chi connectivity index (χ1n) is 0.943. The molecule has 0 bridgehead atoms. The van der Waals surface area contributed by atoms with Gasteiger partial charge in [-0.05, 0) is 0 Å². The molecular weight excluding hydrogens is 173 g/mol. The summed E-state index contributed by atoms with van der Waals surface area (Å²) in [6.07, 6.45) is 0. The monoisotopic (exact) mass is 174 g/mol. The SMILES string of the molecule is O=B[O-].O=B[O-].[Sr+2]. The van der Waals surface area contributed by atoms with Gasteiger partial charge in [0.2, 0.25) is 0 Å². The average Bonchev–Trinajstić information content (AvgIpc) is 1.39. The molecule has 0 aliphatic rings. The maximum absolute atomic E-state index is 8.25. The summed E-state index contributed by atoms with van der Waals surface area (Å²) in [5.41, 5.74) is 0. The molecule has 4 nitrogen and oxygen atoms in total. The van der Waals surface area contributed by atoms with E-state index in [-0.39, 0.29) is 45.5 Å². The molecule has 0 saturated heterocycles. The molecule has 0 aromatic heterocycles. The Morgan fingerprint density at radius 3 is 1.00 bits per heavy atom. The molecule has 32 valence electrons. The molecule has 0 spiro atoms. The molecule has 0 aliphatic heterocycles. The summed E-state index contributed by atoms with van der Waals surface area (Å²) in [6, 6.07) is 0. The number of rotatable bonds is 0. The van der Waals surface area contributed by atoms with Crippen molar-refractivity contribution in [3.05, 3.63) is 0 Å². The second-order valence-corrected chi connectivity index (χ2v) is 0.192. The van der Waals surface area contributed by atoms with E-state index in [9.17, 15) is 0 Å². The van der Waals surface area contributed by atoms with E-state index >= 15 is 0 Å². The van der Waals surface area contributed by atoms with Gasteiger partial charge in [0, 0.05) is 0 Å². The van der Waals surface area contributed by atoms with Crippen LogP contribution in [0.15, 0.2) is 0 Å². The second-order valence-electron chi connectivity index (χ2n) is 0.192. The van der Waals surface area contributed by atoms with E-state index in [0.717, 1.165) is 0 Å². The van der Waals surface area contributed by atoms with Gasteiger partial charge in [0.1, 0.15) is 0 Å². The third kappa shape index (κ3) is 240. The van der Waals surface area contributed by atoms with Crippen molar-refractivity contribution in [3.8, 4) is 0 Å². The van der Waals surface area contributed by atoms with E-state index in [1.54, 1.807) is 0 Å². The zero-order valence-electron chi connectivity index (χ0n) is 3.49. The van der Waals surface area contributed by atoms with E-state index in [0.29, 0.717) is 0 Å². The Kier molecular flexibility index (Phi) is 65.1. The molecular formula is B2O4Sr. The molecule has 0 N–H and O–H groups in total. The first-order valence-corrected chi connectivity index (χ1v) is 0.943. The maximum Gasteiger partial charge on any atom is 2.00 e. The Balaban J connectivity index is -0.0000000400. The van der Waals surface area contributed by atoms with Gasteiger partial charge in [-0.25, -0.2) is 0 Å². The molecule has 0 atom stereocenters. The largest absolute Gasteiger partial charge is 2.00 e. The summed E-state index contributed by atoms with van der Waals surface area (Å²) < 4.78 is 16.5. The number of hydrogen-bond donors (Lipinski definition) is 0. The summed E-state index contributed by atoms with van der Waals surface area (Å²) in [7, 11) is -1.00. The molecule has 0 aliphatic carbocycles. The minimum atomic E-state index is -0.500. The van der Waals surface area contributed by atoms with Crippen LogP contribution in [0.1, 0.15) is 0 Å². The van der Waals surface area contributed by atoms with Crippen LogP contribution in [0.3, 0.4) is 0 Å². The number of hydrogen-bond acceptors (Lipinski definition) is 4. The molecule has 7 heavy (non-hydrogen) atoms. The van der Waals surface area contributed by atoms with Crippen LogP contribution in [0.4, 0.5) is 0 Å². The standard InChI is InChI=1S/2BO2.Sr/c2*2-1-3;/q2*-1;+2. The van der Waals surface area contributed by atoms with Crippen LogP contribution in [0.5, 0.6) is 0 Å². The fraction of sp³-hybridized carbons (Fsp3) is 0. The van der Waals surface area contributed by atoms with E-state index in [1.807, 2.05) is 0 Å². The van der Waals surface area contributed by atoms with Crippen molar-refractivity contribution in [2.24, 2.45) is 0 Å². The fourth-order valence-corrected chi connectivity index (χ4v) is 0. The topological polar surface area (TPSA) is 80.3 Å². The van der Waals surface area contributed by atoms with Crippen molar-refractivity contribution < 1.29 is 19.5 Å². The van der Waals surface area contributed by atoms with Gasteiger partial charge in [-0.2, -0.15) is 0 Å². The molecule has 0 heterocycles. The maximum atomic E-state index is 8.25. The second kappa shape index (κ2) is 29.1. The summed E-state index contributed by atoms with van der Waals surface area (Å²) >= 11 is 0. The molecule has 0 fully saturated rings. The van der Waals surface area contributed by atoms with Crippen molar-refractivity contribution in [1.82, 2.24) is 0 Å². The molecule has 0 unspecified atom stereocenters. The van der Waals surface area contributed by atoms with E-state index in [2.05, 4.69) is 0 Å². The first-order chi connectivity index (χ1) is 2.83. The van der Waals surface area contributed by atoms with Crippen LogP contribution in [0.2, 0.25) is 0 Å². The summed E-state index contributed by atoms with van der Waals surface area (Å²) in [6.45, 7) is 0. The molecule has 0 amide bonds. The van der Waals surface area contributed by atoms with Crippen molar-refractivity contribution in [2.45, 2.75) is 0 Å². The minimum Gasteiger partial charge on any atom is 2.00 e. The Hall–Kier alpha value is 0.810. The van der Waals surface area contributed by atoms with Gasteiger partial charge in [-0.3, -0.25) is 0 Å². The first kappa shape index (κ1) is 15.7. The predicted molar refractivity (Wildman–Crippen MR) is 18.6 cm³/mol. The molecule has 7 heteroatoms. The molecule has 0 saturated carbocycles. The van der Waals surface area contributed by atoms with Crippen molar-refractivity contribution >= 4 is 60.2 Å². The normalized spacial score (nSPS) is 2.29. The minimum absolute atomic E-state index is 0. The third-order valence-corrected chi connectivity index (χ3v) is 0. The molecule has 0 aromatic carbocycles. The van der Waals surface area contributed by atoms with Gasteiger partial charge >= 0.3 is 79.6 Å². The van der Waals surface area contributed by atoms with Gasteiger partial charge in [0.25, 0.3) is 0 Å². The van der Waals surface area contributed by atoms with Gasteiger partial charge in [0.15, 0.2) is 0 Å². The quantitative estimate of drug-likeness (QED) is 0.352. The van der Waals surface area contributed by atoms with Crippen molar-refractivity contribution in [3.63, 3.8) is 0 Å². The van der Waals surface area contributed by atoms with Crippen LogP contribution in [-0.2, 0) is 9.41 Å². The predicted octanol–water partition coefficient (Wildman–Crippen LogP) is -3.76. The van der Waals surface area contributed by atoms with Crippen molar-refractivity contribution in [2.75, 3.05) is 0 Å². The van der Waals surface area contributed by atoms with Crippen LogP contribution >= 0.6 is 0 Å². The van der Waals surface area contributed by atoms with E-state index < -0.39 is 14.7 Å².